The van der Waals surface area contributed by atoms with E-state index in [1.165, 1.54) is 25.3 Å². The molecular formula is C13H17ClN2O4. The second-order valence-corrected chi connectivity index (χ2v) is 4.67. The molecule has 0 atom stereocenters. The van der Waals surface area contributed by atoms with Crippen LogP contribution in [0.4, 0.5) is 11.4 Å². The molecule has 1 aromatic rings. The first kappa shape index (κ1) is 16.2. The normalized spacial score (nSPS) is 10.1. The van der Waals surface area contributed by atoms with Crippen molar-refractivity contribution in [3.63, 3.8) is 0 Å². The second-order valence-electron chi connectivity index (χ2n) is 4.23. The van der Waals surface area contributed by atoms with Gasteiger partial charge in [-0.05, 0) is 25.0 Å². The number of halogens is 1. The fourth-order valence-corrected chi connectivity index (χ4v) is 1.88. The Bertz CT molecular complexity index is 479. The van der Waals surface area contributed by atoms with Crippen molar-refractivity contribution >= 4 is 28.9 Å². The summed E-state index contributed by atoms with van der Waals surface area (Å²) in [5.74, 6) is -0.219. The van der Waals surface area contributed by atoms with Gasteiger partial charge in [-0.15, -0.1) is 0 Å². The first-order valence-corrected chi connectivity index (χ1v) is 6.67. The molecule has 0 saturated heterocycles. The van der Waals surface area contributed by atoms with Gasteiger partial charge in [-0.1, -0.05) is 18.0 Å². The van der Waals surface area contributed by atoms with Crippen LogP contribution in [0.5, 0.6) is 0 Å². The summed E-state index contributed by atoms with van der Waals surface area (Å²) in [6.07, 6.45) is 2.79. The van der Waals surface area contributed by atoms with Gasteiger partial charge in [-0.25, -0.2) is 0 Å². The zero-order valence-corrected chi connectivity index (χ0v) is 12.0. The van der Waals surface area contributed by atoms with Gasteiger partial charge >= 0.3 is 5.97 Å². The number of carbonyl (C=O) groups excluding carboxylic acids is 1. The fourth-order valence-electron chi connectivity index (χ4n) is 1.71. The maximum Gasteiger partial charge on any atom is 0.305 e. The van der Waals surface area contributed by atoms with Crippen LogP contribution in [0.25, 0.3) is 0 Å². The van der Waals surface area contributed by atoms with Gasteiger partial charge in [0.05, 0.1) is 12.0 Å². The lowest BCUT2D eigenvalue weighted by Crippen LogP contribution is -2.05. The molecule has 0 aliphatic carbocycles. The molecule has 6 nitrogen and oxygen atoms in total. The maximum absolute atomic E-state index is 10.9. The zero-order valence-electron chi connectivity index (χ0n) is 11.2. The molecule has 0 unspecified atom stereocenters. The van der Waals surface area contributed by atoms with E-state index in [0.29, 0.717) is 23.7 Å². The van der Waals surface area contributed by atoms with Crippen molar-refractivity contribution in [3.05, 3.63) is 33.3 Å². The van der Waals surface area contributed by atoms with Crippen molar-refractivity contribution in [2.24, 2.45) is 0 Å². The van der Waals surface area contributed by atoms with E-state index in [0.717, 1.165) is 19.3 Å². The van der Waals surface area contributed by atoms with Crippen LogP contribution in [0.1, 0.15) is 25.7 Å². The van der Waals surface area contributed by atoms with Crippen molar-refractivity contribution in [1.82, 2.24) is 0 Å². The van der Waals surface area contributed by atoms with Crippen molar-refractivity contribution < 1.29 is 14.5 Å². The predicted octanol–water partition coefficient (Wildman–Crippen LogP) is 3.39. The molecule has 0 amide bonds. The average Bonchev–Trinajstić information content (AvgIpc) is 2.42. The number of hydrogen-bond acceptors (Lipinski definition) is 5. The quantitative estimate of drug-likeness (QED) is 0.344. The molecule has 110 valence electrons. The number of benzene rings is 1. The molecule has 1 N–H and O–H groups in total. The Labute approximate surface area is 122 Å². The van der Waals surface area contributed by atoms with Crippen LogP contribution < -0.4 is 5.32 Å². The monoisotopic (exact) mass is 300 g/mol. The largest absolute Gasteiger partial charge is 0.469 e. The zero-order chi connectivity index (χ0) is 15.0. The molecule has 0 heterocycles. The third kappa shape index (κ3) is 5.44. The highest BCUT2D eigenvalue weighted by Gasteiger charge is 2.13. The summed E-state index contributed by atoms with van der Waals surface area (Å²) in [6, 6.07) is 4.40. The number of ether oxygens (including phenoxy) is 1. The average molecular weight is 301 g/mol. The Morgan fingerprint density at radius 2 is 2.15 bits per heavy atom. The summed E-state index contributed by atoms with van der Waals surface area (Å²) in [5, 5.41) is 14.3. The van der Waals surface area contributed by atoms with E-state index in [9.17, 15) is 14.9 Å². The summed E-state index contributed by atoms with van der Waals surface area (Å²) in [5.41, 5.74) is 0.416. The van der Waals surface area contributed by atoms with Crippen molar-refractivity contribution in [1.29, 1.82) is 0 Å². The Morgan fingerprint density at radius 1 is 1.40 bits per heavy atom. The highest BCUT2D eigenvalue weighted by atomic mass is 35.5. The molecular weight excluding hydrogens is 284 g/mol. The second kappa shape index (κ2) is 8.37. The van der Waals surface area contributed by atoms with Gasteiger partial charge in [-0.2, -0.15) is 0 Å². The van der Waals surface area contributed by atoms with Crippen molar-refractivity contribution in [2.75, 3.05) is 19.0 Å². The molecule has 0 aromatic heterocycles. The minimum atomic E-state index is -0.448. The molecule has 7 heteroatoms. The van der Waals surface area contributed by atoms with E-state index >= 15 is 0 Å². The number of rotatable bonds is 8. The van der Waals surface area contributed by atoms with Gasteiger partial charge in [0.15, 0.2) is 0 Å². The number of nitrogens with one attached hydrogen (secondary N) is 1. The Balaban J connectivity index is 2.36. The van der Waals surface area contributed by atoms with E-state index in [-0.39, 0.29) is 11.7 Å². The van der Waals surface area contributed by atoms with Crippen LogP contribution in [0.3, 0.4) is 0 Å². The van der Waals surface area contributed by atoms with Gasteiger partial charge in [0.25, 0.3) is 5.69 Å². The van der Waals surface area contributed by atoms with Crippen LogP contribution in [-0.4, -0.2) is 24.5 Å². The standard InChI is InChI=1S/C13H17ClN2O4/c1-20-13(17)5-3-2-4-8-15-11-9-10(14)6-7-12(11)16(18)19/h6-7,9,15H,2-5,8H2,1H3. The molecule has 0 bridgehead atoms. The number of methoxy groups -OCH3 is 1. The number of nitro groups is 1. The number of carbonyl (C=O) groups is 1. The Kier molecular flexibility index (Phi) is 6.79. The van der Waals surface area contributed by atoms with E-state index in [1.807, 2.05) is 0 Å². The third-order valence-electron chi connectivity index (χ3n) is 2.76. The summed E-state index contributed by atoms with van der Waals surface area (Å²) < 4.78 is 4.54. The lowest BCUT2D eigenvalue weighted by molar-refractivity contribution is -0.384. The number of nitrogens with zero attached hydrogens (tertiary/aromatic N) is 1. The van der Waals surface area contributed by atoms with Crippen LogP contribution in [0.15, 0.2) is 18.2 Å². The molecule has 0 aliphatic rings. The lowest BCUT2D eigenvalue weighted by atomic mass is 10.2. The maximum atomic E-state index is 10.9. The first-order chi connectivity index (χ1) is 9.54. The van der Waals surface area contributed by atoms with E-state index in [1.54, 1.807) is 0 Å². The van der Waals surface area contributed by atoms with Crippen molar-refractivity contribution in [2.45, 2.75) is 25.7 Å². The van der Waals surface area contributed by atoms with Gasteiger partial charge in [0.2, 0.25) is 0 Å². The van der Waals surface area contributed by atoms with Crippen LogP contribution >= 0.6 is 11.6 Å². The number of anilines is 1. The topological polar surface area (TPSA) is 81.5 Å². The van der Waals surface area contributed by atoms with E-state index < -0.39 is 4.92 Å². The molecule has 0 aliphatic heterocycles. The lowest BCUT2D eigenvalue weighted by Gasteiger charge is -2.07. The first-order valence-electron chi connectivity index (χ1n) is 6.29. The number of unbranched alkanes of at least 4 members (excludes halogenated alkanes) is 2. The van der Waals surface area contributed by atoms with Gasteiger partial charge in [-0.3, -0.25) is 14.9 Å². The molecule has 0 spiro atoms. The van der Waals surface area contributed by atoms with Gasteiger partial charge in [0, 0.05) is 24.1 Å². The predicted molar refractivity (Wildman–Crippen MR) is 77.1 cm³/mol. The van der Waals surface area contributed by atoms with Crippen LogP contribution in [-0.2, 0) is 9.53 Å². The number of nitro benzene ring substituents is 1. The fraction of sp³-hybridized carbons (Fsp3) is 0.462. The van der Waals surface area contributed by atoms with Crippen LogP contribution in [0.2, 0.25) is 5.02 Å². The summed E-state index contributed by atoms with van der Waals surface area (Å²) in [4.78, 5) is 21.3. The molecule has 0 saturated carbocycles. The number of hydrogen-bond donors (Lipinski definition) is 1. The van der Waals surface area contributed by atoms with Gasteiger partial charge < -0.3 is 10.1 Å². The van der Waals surface area contributed by atoms with Crippen molar-refractivity contribution in [3.8, 4) is 0 Å². The Morgan fingerprint density at radius 3 is 2.80 bits per heavy atom. The Hall–Kier alpha value is -1.82. The molecule has 0 fully saturated rings. The minimum Gasteiger partial charge on any atom is -0.469 e. The minimum absolute atomic E-state index is 0.00367. The van der Waals surface area contributed by atoms with Gasteiger partial charge in [0.1, 0.15) is 5.69 Å². The highest BCUT2D eigenvalue weighted by molar-refractivity contribution is 6.31. The number of esters is 1. The smallest absolute Gasteiger partial charge is 0.305 e. The SMILES string of the molecule is COC(=O)CCCCCNc1cc(Cl)ccc1[N+](=O)[O-]. The highest BCUT2D eigenvalue weighted by Crippen LogP contribution is 2.27. The summed E-state index contributed by atoms with van der Waals surface area (Å²) in [7, 11) is 1.36. The third-order valence-corrected chi connectivity index (χ3v) is 2.99. The molecule has 0 radical (unpaired) electrons. The molecule has 1 rings (SSSR count). The molecule has 20 heavy (non-hydrogen) atoms. The van der Waals surface area contributed by atoms with Crippen LogP contribution in [0, 0.1) is 10.1 Å². The molecule has 1 aromatic carbocycles. The van der Waals surface area contributed by atoms with E-state index in [4.69, 9.17) is 11.6 Å². The summed E-state index contributed by atoms with van der Waals surface area (Å²) >= 11 is 5.82. The van der Waals surface area contributed by atoms with E-state index in [2.05, 4.69) is 10.1 Å². The summed E-state index contributed by atoms with van der Waals surface area (Å²) in [6.45, 7) is 0.586.